The molecular weight excluding hydrogens is 450 g/mol. The van der Waals surface area contributed by atoms with Gasteiger partial charge in [-0.05, 0) is 49.1 Å². The van der Waals surface area contributed by atoms with Crippen LogP contribution in [0.1, 0.15) is 41.4 Å². The predicted molar refractivity (Wildman–Crippen MR) is 129 cm³/mol. The summed E-state index contributed by atoms with van der Waals surface area (Å²) >= 11 is 0. The third kappa shape index (κ3) is 4.64. The summed E-state index contributed by atoms with van der Waals surface area (Å²) in [4.78, 5) is 38.0. The fourth-order valence-corrected chi connectivity index (χ4v) is 4.54. The minimum absolute atomic E-state index is 0.227. The van der Waals surface area contributed by atoms with Crippen molar-refractivity contribution in [3.63, 3.8) is 0 Å². The Balaban J connectivity index is 1.30. The topological polar surface area (TPSA) is 129 Å². The minimum atomic E-state index is -0.352. The van der Waals surface area contributed by atoms with Crippen molar-refractivity contribution < 1.29 is 24.2 Å². The molecule has 0 bridgehead atoms. The van der Waals surface area contributed by atoms with Gasteiger partial charge in [-0.1, -0.05) is 6.08 Å². The first-order valence-electron chi connectivity index (χ1n) is 11.6. The van der Waals surface area contributed by atoms with Crippen LogP contribution in [-0.4, -0.2) is 71.5 Å². The zero-order chi connectivity index (χ0) is 24.4. The Kier molecular flexibility index (Phi) is 6.26. The largest absolute Gasteiger partial charge is 0.512 e. The average Bonchev–Trinajstić information content (AvgIpc) is 3.49. The molecule has 0 radical (unpaired) electrons. The summed E-state index contributed by atoms with van der Waals surface area (Å²) in [6, 6.07) is 5.24. The lowest BCUT2D eigenvalue weighted by Gasteiger charge is -2.23. The van der Waals surface area contributed by atoms with Crippen LogP contribution in [0.4, 0.5) is 4.79 Å². The smallest absolute Gasteiger partial charge is 0.409 e. The van der Waals surface area contributed by atoms with E-state index in [2.05, 4.69) is 20.3 Å². The number of nitrogens with zero attached hydrogens (tertiary/aromatic N) is 3. The van der Waals surface area contributed by atoms with Crippen LogP contribution in [0.15, 0.2) is 58.1 Å². The maximum absolute atomic E-state index is 12.6. The van der Waals surface area contributed by atoms with Gasteiger partial charge in [0.05, 0.1) is 30.6 Å². The van der Waals surface area contributed by atoms with Crippen LogP contribution in [0.2, 0.25) is 0 Å². The molecule has 1 unspecified atom stereocenters. The number of aromatic amines is 1. The third-order valence-electron chi connectivity index (χ3n) is 6.41. The number of aliphatic hydroxyl groups is 1. The van der Waals surface area contributed by atoms with Gasteiger partial charge in [0, 0.05) is 30.4 Å². The van der Waals surface area contributed by atoms with Gasteiger partial charge >= 0.3 is 6.09 Å². The Hall–Kier alpha value is -4.08. The molecule has 2 aromatic rings. The quantitative estimate of drug-likeness (QED) is 0.561. The predicted octanol–water partition coefficient (Wildman–Crippen LogP) is 3.32. The van der Waals surface area contributed by atoms with E-state index < -0.39 is 0 Å². The van der Waals surface area contributed by atoms with Crippen LogP contribution in [0.5, 0.6) is 0 Å². The van der Waals surface area contributed by atoms with Crippen LogP contribution >= 0.6 is 0 Å². The van der Waals surface area contributed by atoms with Crippen molar-refractivity contribution >= 4 is 29.2 Å². The molecule has 1 saturated heterocycles. The van der Waals surface area contributed by atoms with Gasteiger partial charge in [-0.2, -0.15) is 0 Å². The average molecular weight is 478 g/mol. The van der Waals surface area contributed by atoms with Gasteiger partial charge in [-0.25, -0.2) is 14.8 Å². The van der Waals surface area contributed by atoms with E-state index in [0.717, 1.165) is 24.0 Å². The van der Waals surface area contributed by atoms with E-state index in [4.69, 9.17) is 9.47 Å². The van der Waals surface area contributed by atoms with Crippen LogP contribution in [0, 0.1) is 0 Å². The molecule has 1 aromatic carbocycles. The number of carbonyl (C=O) groups is 2. The lowest BCUT2D eigenvalue weighted by atomic mass is 9.86. The van der Waals surface area contributed by atoms with Crippen molar-refractivity contribution in [2.45, 2.75) is 25.2 Å². The number of aliphatic hydroxyl groups excluding tert-OH is 1. The van der Waals surface area contributed by atoms with Crippen molar-refractivity contribution in [3.8, 4) is 0 Å². The number of methoxy groups -OCH3 is 1. The highest BCUT2D eigenvalue weighted by Gasteiger charge is 2.27. The summed E-state index contributed by atoms with van der Waals surface area (Å²) in [6.07, 6.45) is 7.35. The number of aromatic nitrogens is 2. The number of hydrogen-bond donors (Lipinski definition) is 3. The monoisotopic (exact) mass is 477 g/mol. The Morgan fingerprint density at radius 3 is 3.06 bits per heavy atom. The number of aliphatic imine (C=N–C) groups is 1. The zero-order valence-electron chi connectivity index (χ0n) is 19.4. The Morgan fingerprint density at radius 1 is 1.37 bits per heavy atom. The molecule has 3 N–H and O–H groups in total. The van der Waals surface area contributed by atoms with Crippen molar-refractivity contribution in [2.24, 2.45) is 4.99 Å². The molecule has 2 aliphatic heterocycles. The summed E-state index contributed by atoms with van der Waals surface area (Å²) in [5, 5.41) is 13.4. The number of hydrogen-bond acceptors (Lipinski definition) is 7. The molecule has 0 spiro atoms. The lowest BCUT2D eigenvalue weighted by molar-refractivity contribution is 0.0949. The summed E-state index contributed by atoms with van der Waals surface area (Å²) < 4.78 is 10.3. The maximum Gasteiger partial charge on any atom is 0.409 e. The van der Waals surface area contributed by atoms with Gasteiger partial charge in [0.2, 0.25) is 5.88 Å². The first kappa shape index (κ1) is 22.7. The first-order valence-corrected chi connectivity index (χ1v) is 11.6. The standard InChI is InChI=1S/C25H27N5O5/c1-34-24-17(3-2-8-27-24)15-5-7-21(31)18(13-15)22-28-19-6-4-16(14-20(19)29-22)23(32)26-9-10-30-11-12-35-25(30)33/h4-8,14,18,31H,2-3,9-13H2,1H3,(H,26,32)(H,28,29). The van der Waals surface area contributed by atoms with Gasteiger partial charge in [0.15, 0.2) is 0 Å². The van der Waals surface area contributed by atoms with Crippen LogP contribution < -0.4 is 5.32 Å². The van der Waals surface area contributed by atoms with E-state index in [0.29, 0.717) is 61.0 Å². The van der Waals surface area contributed by atoms with Crippen LogP contribution in [0.3, 0.4) is 0 Å². The fraction of sp³-hybridized carbons (Fsp3) is 0.360. The number of fused-ring (bicyclic) bond motifs is 1. The second-order valence-corrected chi connectivity index (χ2v) is 8.59. The van der Waals surface area contributed by atoms with Gasteiger partial charge in [-0.3, -0.25) is 4.79 Å². The Morgan fingerprint density at radius 2 is 2.26 bits per heavy atom. The number of cyclic esters (lactones) is 1. The second-order valence-electron chi connectivity index (χ2n) is 8.59. The van der Waals surface area contributed by atoms with Gasteiger partial charge < -0.3 is 29.8 Å². The number of H-pyrrole nitrogens is 1. The summed E-state index contributed by atoms with van der Waals surface area (Å²) in [5.41, 5.74) is 4.00. The van der Waals surface area contributed by atoms with E-state index in [1.54, 1.807) is 36.3 Å². The molecule has 1 aromatic heterocycles. The van der Waals surface area contributed by atoms with Crippen molar-refractivity contribution in [2.75, 3.05) is 33.4 Å². The van der Waals surface area contributed by atoms with Crippen LogP contribution in [-0.2, 0) is 9.47 Å². The lowest BCUT2D eigenvalue weighted by Crippen LogP contribution is -2.35. The van der Waals surface area contributed by atoms with E-state index in [1.807, 2.05) is 12.3 Å². The van der Waals surface area contributed by atoms with Crippen LogP contribution in [0.25, 0.3) is 11.0 Å². The summed E-state index contributed by atoms with van der Waals surface area (Å²) in [7, 11) is 1.61. The number of carbonyl (C=O) groups excluding carboxylic acids is 2. The number of amides is 2. The Bertz CT molecular complexity index is 1290. The molecule has 0 saturated carbocycles. The molecule has 10 nitrogen and oxygen atoms in total. The van der Waals surface area contributed by atoms with Crippen molar-refractivity contribution in [3.05, 3.63) is 64.5 Å². The molecular formula is C25H27N5O5. The molecule has 1 atom stereocenters. The number of benzene rings is 1. The third-order valence-corrected chi connectivity index (χ3v) is 6.41. The van der Waals surface area contributed by atoms with E-state index in [-0.39, 0.29) is 23.7 Å². The van der Waals surface area contributed by atoms with E-state index >= 15 is 0 Å². The summed E-state index contributed by atoms with van der Waals surface area (Å²) in [6.45, 7) is 1.65. The molecule has 1 fully saturated rings. The first-order chi connectivity index (χ1) is 17.0. The number of rotatable bonds is 7. The zero-order valence-corrected chi connectivity index (χ0v) is 19.4. The minimum Gasteiger partial charge on any atom is -0.512 e. The fourth-order valence-electron chi connectivity index (χ4n) is 4.54. The normalized spacial score (nSPS) is 20.1. The van der Waals surface area contributed by atoms with Gasteiger partial charge in [-0.15, -0.1) is 0 Å². The van der Waals surface area contributed by atoms with E-state index in [9.17, 15) is 14.7 Å². The molecule has 35 heavy (non-hydrogen) atoms. The van der Waals surface area contributed by atoms with Gasteiger partial charge in [0.25, 0.3) is 5.91 Å². The number of nitrogens with one attached hydrogen (secondary N) is 2. The molecule has 5 rings (SSSR count). The Labute approximate surface area is 202 Å². The molecule has 1 aliphatic carbocycles. The maximum atomic E-state index is 12.6. The van der Waals surface area contributed by atoms with E-state index in [1.165, 1.54) is 0 Å². The highest BCUT2D eigenvalue weighted by molar-refractivity contribution is 5.97. The van der Waals surface area contributed by atoms with Crippen molar-refractivity contribution in [1.82, 2.24) is 20.2 Å². The molecule has 3 heterocycles. The second kappa shape index (κ2) is 9.65. The molecule has 182 valence electrons. The number of ether oxygens (including phenoxy) is 2. The summed E-state index contributed by atoms with van der Waals surface area (Å²) in [5.74, 6) is 0.890. The molecule has 3 aliphatic rings. The SMILES string of the molecule is COC1=C(C2=CC=C(O)C(c3nc4ccc(C(=O)NCCN5CCOC5=O)cc4[nH]3)C2)CCC=N1. The number of imidazole rings is 1. The highest BCUT2D eigenvalue weighted by atomic mass is 16.6. The molecule has 10 heteroatoms. The van der Waals surface area contributed by atoms with Gasteiger partial charge in [0.1, 0.15) is 18.2 Å². The number of allylic oxidation sites excluding steroid dienone is 5. The highest BCUT2D eigenvalue weighted by Crippen LogP contribution is 2.38. The van der Waals surface area contributed by atoms with Crippen molar-refractivity contribution in [1.29, 1.82) is 0 Å². The molecule has 2 amide bonds.